The lowest BCUT2D eigenvalue weighted by Crippen LogP contribution is -2.47. The van der Waals surface area contributed by atoms with Gasteiger partial charge >= 0.3 is 0 Å². The molecule has 3 aromatic rings. The summed E-state index contributed by atoms with van der Waals surface area (Å²) >= 11 is 0. The highest BCUT2D eigenvalue weighted by Gasteiger charge is 2.39. The van der Waals surface area contributed by atoms with Crippen LogP contribution in [-0.4, -0.2) is 36.1 Å². The largest absolute Gasteiger partial charge is 0.457 e. The summed E-state index contributed by atoms with van der Waals surface area (Å²) in [6.07, 6.45) is 0.727. The number of amides is 1. The molecule has 3 aromatic carbocycles. The highest BCUT2D eigenvalue weighted by atomic mass is 32.2. The summed E-state index contributed by atoms with van der Waals surface area (Å²) in [5.74, 6) is -0.295. The fraction of sp³-hybridized carbons (Fsp3) is 0.208. The van der Waals surface area contributed by atoms with Crippen LogP contribution in [0.5, 0.6) is 11.5 Å². The molecule has 0 aliphatic carbocycles. The average molecular weight is 471 g/mol. The normalized spacial score (nSPS) is 16.1. The van der Waals surface area contributed by atoms with Crippen LogP contribution < -0.4 is 10.2 Å². The molecule has 0 aromatic heterocycles. The number of aryl methyl sites for hydroxylation is 1. The highest BCUT2D eigenvalue weighted by molar-refractivity contribution is 7.89. The summed E-state index contributed by atoms with van der Waals surface area (Å²) in [5, 5.41) is 9.20. The molecule has 1 atom stereocenters. The molecule has 0 bridgehead atoms. The zero-order valence-electron chi connectivity index (χ0n) is 17.6. The number of halogens is 1. The first-order valence-electron chi connectivity index (χ1n) is 10.4. The molecule has 1 aliphatic rings. The fourth-order valence-corrected chi connectivity index (χ4v) is 5.53. The van der Waals surface area contributed by atoms with Crippen LogP contribution in [-0.2, 0) is 27.7 Å². The first kappa shape index (κ1) is 22.9. The van der Waals surface area contributed by atoms with Crippen LogP contribution in [0.4, 0.5) is 4.39 Å². The van der Waals surface area contributed by atoms with Gasteiger partial charge in [0.2, 0.25) is 10.0 Å². The van der Waals surface area contributed by atoms with Gasteiger partial charge in [0.25, 0.3) is 5.91 Å². The molecule has 4 rings (SSSR count). The van der Waals surface area contributed by atoms with Crippen molar-refractivity contribution in [3.63, 3.8) is 0 Å². The Morgan fingerprint density at radius 3 is 2.33 bits per heavy atom. The number of nitrogens with one attached hydrogen (secondary N) is 1. The first-order chi connectivity index (χ1) is 15.9. The summed E-state index contributed by atoms with van der Waals surface area (Å²) in [7, 11) is -3.80. The lowest BCUT2D eigenvalue weighted by atomic mass is 9.94. The quantitative estimate of drug-likeness (QED) is 0.406. The number of ether oxygens (including phenoxy) is 1. The third-order valence-corrected chi connectivity index (χ3v) is 7.40. The van der Waals surface area contributed by atoms with Gasteiger partial charge in [0.05, 0.1) is 5.75 Å². The maximum Gasteiger partial charge on any atom is 0.266 e. The van der Waals surface area contributed by atoms with Gasteiger partial charge in [-0.15, -0.1) is 0 Å². The molecule has 0 saturated carbocycles. The molecule has 1 heterocycles. The fourth-order valence-electron chi connectivity index (χ4n) is 3.90. The molecule has 0 radical (unpaired) electrons. The Balaban J connectivity index is 1.45. The van der Waals surface area contributed by atoms with Crippen molar-refractivity contribution >= 4 is 15.9 Å². The number of fused-ring (bicyclic) bond motifs is 1. The molecule has 0 fully saturated rings. The number of hydrogen-bond donors (Lipinski definition) is 2. The van der Waals surface area contributed by atoms with Crippen molar-refractivity contribution in [2.24, 2.45) is 0 Å². The van der Waals surface area contributed by atoms with Crippen LogP contribution in [0.3, 0.4) is 0 Å². The SMILES string of the molecule is O=C(NO)C1c2ccccc2CCN1S(=O)(=O)CCc1ccc(Oc2ccc(F)cc2)cc1. The molecule has 0 spiro atoms. The molecular weight excluding hydrogens is 447 g/mol. The molecular formula is C24H23FN2O5S. The molecule has 0 saturated heterocycles. The molecule has 172 valence electrons. The summed E-state index contributed by atoms with van der Waals surface area (Å²) in [6, 6.07) is 18.6. The van der Waals surface area contributed by atoms with Crippen LogP contribution in [0.2, 0.25) is 0 Å². The van der Waals surface area contributed by atoms with Gasteiger partial charge < -0.3 is 4.74 Å². The number of nitrogens with zero attached hydrogens (tertiary/aromatic N) is 1. The lowest BCUT2D eigenvalue weighted by Gasteiger charge is -2.34. The molecule has 9 heteroatoms. The van der Waals surface area contributed by atoms with E-state index in [1.54, 1.807) is 41.9 Å². The molecule has 1 aliphatic heterocycles. The zero-order chi connectivity index (χ0) is 23.4. The second-order valence-corrected chi connectivity index (χ2v) is 9.75. The van der Waals surface area contributed by atoms with E-state index in [1.807, 2.05) is 12.1 Å². The molecule has 2 N–H and O–H groups in total. The summed E-state index contributed by atoms with van der Waals surface area (Å²) in [5.41, 5.74) is 3.84. The van der Waals surface area contributed by atoms with E-state index in [1.165, 1.54) is 24.3 Å². The van der Waals surface area contributed by atoms with Gasteiger partial charge in [-0.05, 0) is 65.9 Å². The third-order valence-electron chi connectivity index (χ3n) is 5.58. The van der Waals surface area contributed by atoms with Gasteiger partial charge in [-0.25, -0.2) is 18.3 Å². The van der Waals surface area contributed by atoms with Crippen LogP contribution in [0.25, 0.3) is 0 Å². The van der Waals surface area contributed by atoms with Crippen molar-refractivity contribution < 1.29 is 27.5 Å². The lowest BCUT2D eigenvalue weighted by molar-refractivity contribution is -0.133. The minimum absolute atomic E-state index is 0.155. The van der Waals surface area contributed by atoms with E-state index in [-0.39, 0.29) is 24.5 Å². The Morgan fingerprint density at radius 1 is 1.03 bits per heavy atom. The maximum atomic E-state index is 13.1. The standard InChI is InChI=1S/C24H23FN2O5S/c25-19-7-11-21(12-8-19)32-20-9-5-17(6-10-20)14-16-33(30,31)27-15-13-18-3-1-2-4-22(18)23(27)24(28)26-29/h1-12,23,29H,13-16H2,(H,26,28). The number of carbonyl (C=O) groups excluding carboxylic acids is 1. The molecule has 1 amide bonds. The first-order valence-corrected chi connectivity index (χ1v) is 12.0. The van der Waals surface area contributed by atoms with Gasteiger partial charge in [0.15, 0.2) is 0 Å². The predicted molar refractivity (Wildman–Crippen MR) is 120 cm³/mol. The van der Waals surface area contributed by atoms with Crippen molar-refractivity contribution in [1.29, 1.82) is 0 Å². The zero-order valence-corrected chi connectivity index (χ0v) is 18.5. The highest BCUT2D eigenvalue weighted by Crippen LogP contribution is 2.32. The number of rotatable bonds is 7. The van der Waals surface area contributed by atoms with Gasteiger partial charge in [0.1, 0.15) is 23.4 Å². The molecule has 1 unspecified atom stereocenters. The smallest absolute Gasteiger partial charge is 0.266 e. The van der Waals surface area contributed by atoms with Crippen LogP contribution in [0, 0.1) is 5.82 Å². The number of carbonyl (C=O) groups is 1. The summed E-state index contributed by atoms with van der Waals surface area (Å²) in [6.45, 7) is 0.155. The van der Waals surface area contributed by atoms with Crippen molar-refractivity contribution in [1.82, 2.24) is 9.79 Å². The van der Waals surface area contributed by atoms with Crippen molar-refractivity contribution in [3.05, 3.63) is 95.3 Å². The van der Waals surface area contributed by atoms with E-state index < -0.39 is 22.0 Å². The third kappa shape index (κ3) is 5.22. The van der Waals surface area contributed by atoms with Crippen LogP contribution in [0.1, 0.15) is 22.7 Å². The summed E-state index contributed by atoms with van der Waals surface area (Å²) < 4.78 is 46.1. The van der Waals surface area contributed by atoms with Gasteiger partial charge in [-0.3, -0.25) is 10.0 Å². The average Bonchev–Trinajstić information content (AvgIpc) is 2.84. The Labute approximate surface area is 191 Å². The topological polar surface area (TPSA) is 95.9 Å². The van der Waals surface area contributed by atoms with Gasteiger partial charge in [-0.2, -0.15) is 4.31 Å². The minimum Gasteiger partial charge on any atom is -0.457 e. The van der Waals surface area contributed by atoms with E-state index >= 15 is 0 Å². The Hall–Kier alpha value is -3.27. The van der Waals surface area contributed by atoms with E-state index in [9.17, 15) is 22.8 Å². The second kappa shape index (κ2) is 9.70. The van der Waals surface area contributed by atoms with Gasteiger partial charge in [0, 0.05) is 6.54 Å². The van der Waals surface area contributed by atoms with Crippen LogP contribution >= 0.6 is 0 Å². The van der Waals surface area contributed by atoms with Gasteiger partial charge in [-0.1, -0.05) is 36.4 Å². The van der Waals surface area contributed by atoms with E-state index in [0.29, 0.717) is 23.5 Å². The van der Waals surface area contributed by atoms with Crippen molar-refractivity contribution in [2.75, 3.05) is 12.3 Å². The van der Waals surface area contributed by atoms with E-state index in [4.69, 9.17) is 4.74 Å². The number of sulfonamides is 1. The predicted octanol–water partition coefficient (Wildman–Crippen LogP) is 3.60. The number of benzene rings is 3. The Morgan fingerprint density at radius 2 is 1.67 bits per heavy atom. The van der Waals surface area contributed by atoms with Crippen molar-refractivity contribution in [2.45, 2.75) is 18.9 Å². The summed E-state index contributed by atoms with van der Waals surface area (Å²) in [4.78, 5) is 12.4. The Kier molecular flexibility index (Phi) is 6.73. The molecule has 7 nitrogen and oxygen atoms in total. The monoisotopic (exact) mass is 470 g/mol. The van der Waals surface area contributed by atoms with Crippen LogP contribution in [0.15, 0.2) is 72.8 Å². The number of hydrogen-bond acceptors (Lipinski definition) is 5. The molecule has 33 heavy (non-hydrogen) atoms. The second-order valence-electron chi connectivity index (χ2n) is 7.70. The van der Waals surface area contributed by atoms with Crippen molar-refractivity contribution in [3.8, 4) is 11.5 Å². The Bertz CT molecular complexity index is 1230. The van der Waals surface area contributed by atoms with E-state index in [0.717, 1.165) is 15.4 Å². The number of hydroxylamine groups is 1. The minimum atomic E-state index is -3.80. The van der Waals surface area contributed by atoms with E-state index in [2.05, 4.69) is 0 Å². The maximum absolute atomic E-state index is 13.1.